The second kappa shape index (κ2) is 6.96. The van der Waals surface area contributed by atoms with Crippen molar-refractivity contribution in [2.24, 2.45) is 0 Å². The molecule has 0 aliphatic rings. The minimum atomic E-state index is -0.984. The van der Waals surface area contributed by atoms with Crippen LogP contribution in [0.4, 0.5) is 11.4 Å². The number of nitrogens with one attached hydrogen (secondary N) is 1. The number of nitrogens with zero attached hydrogens (tertiary/aromatic N) is 2. The Bertz CT molecular complexity index is 774. The van der Waals surface area contributed by atoms with E-state index in [4.69, 9.17) is 23.2 Å². The quantitative estimate of drug-likeness (QED) is 0.678. The van der Waals surface area contributed by atoms with Crippen molar-refractivity contribution in [2.75, 3.05) is 5.32 Å². The van der Waals surface area contributed by atoms with Gasteiger partial charge in [0.1, 0.15) is 22.7 Å². The second-order valence-electron chi connectivity index (χ2n) is 4.88. The van der Waals surface area contributed by atoms with Crippen LogP contribution < -0.4 is 5.32 Å². The summed E-state index contributed by atoms with van der Waals surface area (Å²) in [4.78, 5) is 7.71. The van der Waals surface area contributed by atoms with Crippen LogP contribution in [0.1, 0.15) is 17.2 Å². The summed E-state index contributed by atoms with van der Waals surface area (Å²) in [6.45, 7) is 0. The predicted octanol–water partition coefficient (Wildman–Crippen LogP) is 4.61. The van der Waals surface area contributed by atoms with Crippen molar-refractivity contribution >= 4 is 34.6 Å². The lowest BCUT2D eigenvalue weighted by molar-refractivity contribution is 0.219. The molecule has 6 heteroatoms. The van der Waals surface area contributed by atoms with Gasteiger partial charge in [0.15, 0.2) is 0 Å². The van der Waals surface area contributed by atoms with Crippen LogP contribution in [0.15, 0.2) is 60.9 Å². The van der Waals surface area contributed by atoms with Crippen LogP contribution in [0, 0.1) is 0 Å². The Balaban J connectivity index is 1.82. The van der Waals surface area contributed by atoms with Crippen LogP contribution in [0.5, 0.6) is 0 Å². The third kappa shape index (κ3) is 3.62. The molecule has 1 heterocycles. The van der Waals surface area contributed by atoms with E-state index in [1.807, 2.05) is 42.5 Å². The van der Waals surface area contributed by atoms with Crippen molar-refractivity contribution in [1.29, 1.82) is 0 Å². The highest BCUT2D eigenvalue weighted by molar-refractivity contribution is 6.34. The van der Waals surface area contributed by atoms with Gasteiger partial charge in [-0.2, -0.15) is 0 Å². The molecule has 0 spiro atoms. The molecular weight excluding hydrogens is 333 g/mol. The molecule has 0 fully saturated rings. The number of hydrogen-bond donors (Lipinski definition) is 2. The molecule has 3 rings (SSSR count). The van der Waals surface area contributed by atoms with E-state index in [1.165, 1.54) is 6.33 Å². The highest BCUT2D eigenvalue weighted by Crippen LogP contribution is 2.32. The van der Waals surface area contributed by atoms with E-state index in [0.29, 0.717) is 11.1 Å². The molecule has 1 aromatic heterocycles. The summed E-state index contributed by atoms with van der Waals surface area (Å²) < 4.78 is 0. The van der Waals surface area contributed by atoms with Gasteiger partial charge in [0.05, 0.1) is 5.56 Å². The number of benzene rings is 2. The molecule has 2 aromatic carbocycles. The van der Waals surface area contributed by atoms with Crippen molar-refractivity contribution in [3.63, 3.8) is 0 Å². The molecule has 0 aliphatic carbocycles. The lowest BCUT2D eigenvalue weighted by atomic mass is 10.0. The standard InChI is InChI=1S/C17H13Cl2N3O/c18-16-14(17(19)21-10-20-16)15(23)11-6-8-13(9-7-11)22-12-4-2-1-3-5-12/h1-10,15,22-23H. The lowest BCUT2D eigenvalue weighted by Gasteiger charge is -2.14. The van der Waals surface area contributed by atoms with Crippen LogP contribution in [0.2, 0.25) is 10.3 Å². The molecular formula is C17H13Cl2N3O. The van der Waals surface area contributed by atoms with Gasteiger partial charge in [-0.1, -0.05) is 53.5 Å². The molecule has 23 heavy (non-hydrogen) atoms. The van der Waals surface area contributed by atoms with Gasteiger partial charge in [0.2, 0.25) is 0 Å². The van der Waals surface area contributed by atoms with Crippen molar-refractivity contribution in [2.45, 2.75) is 6.10 Å². The molecule has 1 unspecified atom stereocenters. The Kier molecular flexibility index (Phi) is 4.76. The van der Waals surface area contributed by atoms with Crippen molar-refractivity contribution in [1.82, 2.24) is 9.97 Å². The molecule has 0 bridgehead atoms. The van der Waals surface area contributed by atoms with Crippen LogP contribution in [0.3, 0.4) is 0 Å². The maximum atomic E-state index is 10.5. The van der Waals surface area contributed by atoms with Crippen LogP contribution in [0.25, 0.3) is 0 Å². The first-order valence-corrected chi connectivity index (χ1v) is 7.67. The van der Waals surface area contributed by atoms with Gasteiger partial charge in [-0.25, -0.2) is 9.97 Å². The summed E-state index contributed by atoms with van der Waals surface area (Å²) >= 11 is 12.0. The number of anilines is 2. The average molecular weight is 346 g/mol. The van der Waals surface area contributed by atoms with E-state index in [-0.39, 0.29) is 10.3 Å². The van der Waals surface area contributed by atoms with Crippen molar-refractivity contribution in [3.8, 4) is 0 Å². The summed E-state index contributed by atoms with van der Waals surface area (Å²) in [5.41, 5.74) is 2.86. The van der Waals surface area contributed by atoms with Crippen LogP contribution in [-0.4, -0.2) is 15.1 Å². The molecule has 2 N–H and O–H groups in total. The lowest BCUT2D eigenvalue weighted by Crippen LogP contribution is -2.04. The Morgan fingerprint density at radius 3 is 2.00 bits per heavy atom. The minimum absolute atomic E-state index is 0.143. The summed E-state index contributed by atoms with van der Waals surface area (Å²) in [6.07, 6.45) is 0.273. The molecule has 3 aromatic rings. The van der Waals surface area contributed by atoms with E-state index < -0.39 is 6.10 Å². The van der Waals surface area contributed by atoms with Gasteiger partial charge >= 0.3 is 0 Å². The third-order valence-corrected chi connectivity index (χ3v) is 3.95. The summed E-state index contributed by atoms with van der Waals surface area (Å²) in [7, 11) is 0. The van der Waals surface area contributed by atoms with Crippen molar-refractivity contribution in [3.05, 3.63) is 82.4 Å². The van der Waals surface area contributed by atoms with Crippen LogP contribution >= 0.6 is 23.2 Å². The van der Waals surface area contributed by atoms with Gasteiger partial charge in [-0.15, -0.1) is 0 Å². The van der Waals surface area contributed by atoms with E-state index in [2.05, 4.69) is 15.3 Å². The van der Waals surface area contributed by atoms with Gasteiger partial charge in [0, 0.05) is 11.4 Å². The number of aromatic nitrogens is 2. The molecule has 1 atom stereocenters. The SMILES string of the molecule is OC(c1ccc(Nc2ccccc2)cc1)c1c(Cl)ncnc1Cl. The number of aliphatic hydroxyl groups is 1. The van der Waals surface area contributed by atoms with E-state index in [9.17, 15) is 5.11 Å². The first kappa shape index (κ1) is 15.7. The zero-order chi connectivity index (χ0) is 16.2. The fourth-order valence-corrected chi connectivity index (χ4v) is 2.71. The highest BCUT2D eigenvalue weighted by Gasteiger charge is 2.19. The topological polar surface area (TPSA) is 58.0 Å². The summed E-state index contributed by atoms with van der Waals surface area (Å²) in [5, 5.41) is 14.0. The Labute approximate surface area is 143 Å². The maximum absolute atomic E-state index is 10.5. The highest BCUT2D eigenvalue weighted by atomic mass is 35.5. The van der Waals surface area contributed by atoms with E-state index in [1.54, 1.807) is 12.1 Å². The zero-order valence-corrected chi connectivity index (χ0v) is 13.5. The molecule has 0 radical (unpaired) electrons. The summed E-state index contributed by atoms with van der Waals surface area (Å²) in [5.74, 6) is 0. The Morgan fingerprint density at radius 2 is 1.39 bits per heavy atom. The number of halogens is 2. The molecule has 0 saturated heterocycles. The van der Waals surface area contributed by atoms with Gasteiger partial charge < -0.3 is 10.4 Å². The number of para-hydroxylation sites is 1. The number of aliphatic hydroxyl groups excluding tert-OH is 1. The normalized spacial score (nSPS) is 12.0. The summed E-state index contributed by atoms with van der Waals surface area (Å²) in [6, 6.07) is 17.2. The van der Waals surface area contributed by atoms with Crippen LogP contribution in [-0.2, 0) is 0 Å². The number of hydrogen-bond acceptors (Lipinski definition) is 4. The Hall–Kier alpha value is -2.14. The molecule has 0 aliphatic heterocycles. The average Bonchev–Trinajstić information content (AvgIpc) is 2.56. The predicted molar refractivity (Wildman–Crippen MR) is 92.3 cm³/mol. The monoisotopic (exact) mass is 345 g/mol. The number of rotatable bonds is 4. The third-order valence-electron chi connectivity index (χ3n) is 3.35. The van der Waals surface area contributed by atoms with Gasteiger partial charge in [0.25, 0.3) is 0 Å². The van der Waals surface area contributed by atoms with Gasteiger partial charge in [-0.05, 0) is 29.8 Å². The second-order valence-corrected chi connectivity index (χ2v) is 5.60. The first-order chi connectivity index (χ1) is 11.1. The molecule has 4 nitrogen and oxygen atoms in total. The minimum Gasteiger partial charge on any atom is -0.383 e. The molecule has 0 amide bonds. The molecule has 0 saturated carbocycles. The maximum Gasteiger partial charge on any atom is 0.140 e. The first-order valence-electron chi connectivity index (χ1n) is 6.91. The van der Waals surface area contributed by atoms with E-state index in [0.717, 1.165) is 11.4 Å². The smallest absolute Gasteiger partial charge is 0.140 e. The van der Waals surface area contributed by atoms with E-state index >= 15 is 0 Å². The fraction of sp³-hybridized carbons (Fsp3) is 0.0588. The Morgan fingerprint density at radius 1 is 0.826 bits per heavy atom. The molecule has 116 valence electrons. The van der Waals surface area contributed by atoms with Gasteiger partial charge in [-0.3, -0.25) is 0 Å². The van der Waals surface area contributed by atoms with Crippen molar-refractivity contribution < 1.29 is 5.11 Å². The zero-order valence-electron chi connectivity index (χ0n) is 11.9. The largest absolute Gasteiger partial charge is 0.383 e. The fourth-order valence-electron chi connectivity index (χ4n) is 2.18.